The van der Waals surface area contributed by atoms with Gasteiger partial charge in [0, 0.05) is 44.0 Å². The highest BCUT2D eigenvalue weighted by atomic mass is 16.5. The molecule has 4 rings (SSSR count). The number of likely N-dealkylation sites (N-methyl/N-ethyl adjacent to an activating group) is 1. The molecule has 2 saturated heterocycles. The van der Waals surface area contributed by atoms with E-state index >= 15 is 0 Å². The van der Waals surface area contributed by atoms with Crippen LogP contribution in [0.25, 0.3) is 10.9 Å². The maximum absolute atomic E-state index is 5.68. The van der Waals surface area contributed by atoms with Gasteiger partial charge in [-0.15, -0.1) is 0 Å². The summed E-state index contributed by atoms with van der Waals surface area (Å²) in [4.78, 5) is 17.1. The Labute approximate surface area is 197 Å². The normalized spacial score (nSPS) is 18.6. The van der Waals surface area contributed by atoms with Gasteiger partial charge in [-0.25, -0.2) is 4.98 Å². The summed E-state index contributed by atoms with van der Waals surface area (Å²) in [5, 5.41) is 4.73. The van der Waals surface area contributed by atoms with Crippen molar-refractivity contribution in [2.75, 3.05) is 77.2 Å². The molecule has 8 nitrogen and oxygen atoms in total. The van der Waals surface area contributed by atoms with Crippen LogP contribution in [0.3, 0.4) is 0 Å². The molecule has 3 heterocycles. The molecule has 2 fully saturated rings. The number of likely N-dealkylation sites (tertiary alicyclic amines) is 1. The molecule has 0 aliphatic carbocycles. The molecule has 2 aromatic rings. The largest absolute Gasteiger partial charge is 0.495 e. The van der Waals surface area contributed by atoms with Crippen molar-refractivity contribution < 1.29 is 4.74 Å². The maximum atomic E-state index is 5.68. The van der Waals surface area contributed by atoms with E-state index in [4.69, 9.17) is 20.4 Å². The highest BCUT2D eigenvalue weighted by Gasteiger charge is 2.22. The summed E-state index contributed by atoms with van der Waals surface area (Å²) < 4.78 is 5.68. The van der Waals surface area contributed by atoms with E-state index in [1.807, 2.05) is 12.1 Å². The number of hydrogen-bond donors (Lipinski definition) is 2. The molecule has 178 valence electrons. The Morgan fingerprint density at radius 1 is 1.06 bits per heavy atom. The number of anilines is 2. The minimum atomic E-state index is 0.400. The number of benzene rings is 1. The molecular weight excluding hydrogens is 414 g/mol. The molecule has 0 radical (unpaired) electrons. The fourth-order valence-electron chi connectivity index (χ4n) is 4.48. The summed E-state index contributed by atoms with van der Waals surface area (Å²) in [5.74, 6) is 8.77. The van der Waals surface area contributed by atoms with Gasteiger partial charge in [-0.2, -0.15) is 4.98 Å². The number of rotatable bonds is 5. The van der Waals surface area contributed by atoms with Crippen LogP contribution < -0.4 is 20.7 Å². The molecule has 0 bridgehead atoms. The average Bonchev–Trinajstić information content (AvgIpc) is 3.04. The third-order valence-electron chi connectivity index (χ3n) is 6.56. The lowest BCUT2D eigenvalue weighted by Crippen LogP contribution is -2.37. The second kappa shape index (κ2) is 11.0. The molecule has 0 amide bonds. The van der Waals surface area contributed by atoms with Crippen molar-refractivity contribution in [3.63, 3.8) is 0 Å². The molecule has 2 aliphatic rings. The Bertz CT molecular complexity index is 1010. The quantitative estimate of drug-likeness (QED) is 0.668. The molecular formula is C25H37N7O. The fourth-order valence-corrected chi connectivity index (χ4v) is 4.48. The van der Waals surface area contributed by atoms with E-state index in [-0.39, 0.29) is 0 Å². The zero-order valence-corrected chi connectivity index (χ0v) is 20.2. The Morgan fingerprint density at radius 3 is 2.61 bits per heavy atom. The molecule has 33 heavy (non-hydrogen) atoms. The summed E-state index contributed by atoms with van der Waals surface area (Å²) >= 11 is 0. The van der Waals surface area contributed by atoms with Crippen LogP contribution in [-0.4, -0.2) is 92.8 Å². The maximum Gasteiger partial charge on any atom is 0.227 e. The third kappa shape index (κ3) is 5.85. The second-order valence-corrected chi connectivity index (χ2v) is 9.15. The number of methoxy groups -OCH3 is 1. The highest BCUT2D eigenvalue weighted by Crippen LogP contribution is 2.31. The predicted octanol–water partition coefficient (Wildman–Crippen LogP) is 1.99. The Kier molecular flexibility index (Phi) is 7.86. The lowest BCUT2D eigenvalue weighted by molar-refractivity contribution is 0.264. The van der Waals surface area contributed by atoms with Crippen molar-refractivity contribution in [3.8, 4) is 17.6 Å². The highest BCUT2D eigenvalue weighted by molar-refractivity contribution is 5.92. The van der Waals surface area contributed by atoms with E-state index in [1.54, 1.807) is 7.11 Å². The van der Waals surface area contributed by atoms with Gasteiger partial charge in [0.25, 0.3) is 0 Å². The van der Waals surface area contributed by atoms with Gasteiger partial charge in [0.05, 0.1) is 18.2 Å². The first-order valence-electron chi connectivity index (χ1n) is 12.0. The number of piperidine rings is 1. The summed E-state index contributed by atoms with van der Waals surface area (Å²) in [7, 11) is 6.04. The van der Waals surface area contributed by atoms with Crippen LogP contribution in [0.2, 0.25) is 0 Å². The first-order chi connectivity index (χ1) is 16.1. The Morgan fingerprint density at radius 2 is 1.85 bits per heavy atom. The van der Waals surface area contributed by atoms with Crippen molar-refractivity contribution in [1.82, 2.24) is 19.8 Å². The van der Waals surface area contributed by atoms with Crippen LogP contribution in [0.5, 0.6) is 5.75 Å². The van der Waals surface area contributed by atoms with Crippen LogP contribution in [0.1, 0.15) is 31.2 Å². The minimum absolute atomic E-state index is 0.400. The average molecular weight is 452 g/mol. The molecule has 3 N–H and O–H groups in total. The smallest absolute Gasteiger partial charge is 0.227 e. The first kappa shape index (κ1) is 23.6. The van der Waals surface area contributed by atoms with Crippen LogP contribution in [0, 0.1) is 11.8 Å². The van der Waals surface area contributed by atoms with Gasteiger partial charge in [0.2, 0.25) is 5.95 Å². The van der Waals surface area contributed by atoms with Crippen molar-refractivity contribution in [3.05, 3.63) is 17.7 Å². The van der Waals surface area contributed by atoms with Gasteiger partial charge in [-0.3, -0.25) is 0 Å². The molecule has 8 heteroatoms. The number of nitrogens with zero attached hydrogens (tertiary/aromatic N) is 5. The summed E-state index contributed by atoms with van der Waals surface area (Å²) in [6, 6.07) is 4.46. The molecule has 0 unspecified atom stereocenters. The zero-order chi connectivity index (χ0) is 23.2. The number of aromatic nitrogens is 2. The summed E-state index contributed by atoms with van der Waals surface area (Å²) in [6.45, 7) is 6.73. The van der Waals surface area contributed by atoms with Crippen LogP contribution in [0.4, 0.5) is 11.8 Å². The number of hydrogen-bond acceptors (Lipinski definition) is 8. The first-order valence-corrected chi connectivity index (χ1v) is 12.0. The lowest BCUT2D eigenvalue weighted by Gasteiger charge is -2.30. The second-order valence-electron chi connectivity index (χ2n) is 9.15. The number of nitrogens with two attached hydrogens (primary N) is 1. The molecule has 0 saturated carbocycles. The third-order valence-corrected chi connectivity index (χ3v) is 6.56. The van der Waals surface area contributed by atoms with Gasteiger partial charge in [-0.1, -0.05) is 11.8 Å². The molecule has 0 atom stereocenters. The van der Waals surface area contributed by atoms with Gasteiger partial charge in [-0.05, 0) is 65.1 Å². The van der Waals surface area contributed by atoms with Crippen molar-refractivity contribution in [1.29, 1.82) is 0 Å². The van der Waals surface area contributed by atoms with E-state index < -0.39 is 0 Å². The van der Waals surface area contributed by atoms with Gasteiger partial charge >= 0.3 is 0 Å². The van der Waals surface area contributed by atoms with Crippen LogP contribution in [-0.2, 0) is 0 Å². The Hall–Kier alpha value is -2.60. The number of fused-ring (bicyclic) bond motifs is 1. The van der Waals surface area contributed by atoms with Crippen LogP contribution >= 0.6 is 0 Å². The summed E-state index contributed by atoms with van der Waals surface area (Å²) in [5.41, 5.74) is 7.35. The molecule has 1 aromatic heterocycles. The SMILES string of the molecule is COc1cc2c(NC3CCN(C)CC3)nc(N3CCCN(C)CC3)nc2cc1C#CCCN. The minimum Gasteiger partial charge on any atom is -0.495 e. The lowest BCUT2D eigenvalue weighted by atomic mass is 10.0. The van der Waals surface area contributed by atoms with Crippen LogP contribution in [0.15, 0.2) is 12.1 Å². The summed E-state index contributed by atoms with van der Waals surface area (Å²) in [6.07, 6.45) is 3.96. The van der Waals surface area contributed by atoms with E-state index in [2.05, 4.69) is 46.0 Å². The number of nitrogens with one attached hydrogen (secondary N) is 1. The van der Waals surface area contributed by atoms with E-state index in [9.17, 15) is 0 Å². The van der Waals surface area contributed by atoms with E-state index in [0.29, 0.717) is 19.0 Å². The standard InChI is InChI=1S/C25H37N7O/c1-30-11-6-12-32(16-15-30)25-28-22-17-19(7-4-5-10-26)23(33-3)18-21(22)24(29-25)27-20-8-13-31(2)14-9-20/h17-18,20H,5-6,8-16,26H2,1-3H3,(H,27,28,29). The Balaban J connectivity index is 1.75. The van der Waals surface area contributed by atoms with Crippen molar-refractivity contribution >= 4 is 22.7 Å². The van der Waals surface area contributed by atoms with Gasteiger partial charge in [0.15, 0.2) is 0 Å². The van der Waals surface area contributed by atoms with Crippen molar-refractivity contribution in [2.24, 2.45) is 5.73 Å². The van der Waals surface area contributed by atoms with Gasteiger partial charge < -0.3 is 30.5 Å². The monoisotopic (exact) mass is 451 g/mol. The molecule has 1 aromatic carbocycles. The number of ether oxygens (including phenoxy) is 1. The molecule has 2 aliphatic heterocycles. The fraction of sp³-hybridized carbons (Fsp3) is 0.600. The topological polar surface area (TPSA) is 82.8 Å². The van der Waals surface area contributed by atoms with Gasteiger partial charge in [0.1, 0.15) is 11.6 Å². The predicted molar refractivity (Wildman–Crippen MR) is 135 cm³/mol. The van der Waals surface area contributed by atoms with Crippen molar-refractivity contribution in [2.45, 2.75) is 31.7 Å². The molecule has 0 spiro atoms. The zero-order valence-electron chi connectivity index (χ0n) is 20.2. The van der Waals surface area contributed by atoms with E-state index in [0.717, 1.165) is 92.5 Å². The van der Waals surface area contributed by atoms with E-state index in [1.165, 1.54) is 0 Å².